The summed E-state index contributed by atoms with van der Waals surface area (Å²) in [5.41, 5.74) is 1.33. The number of carbonyl (C=O) groups is 1. The van der Waals surface area contributed by atoms with Gasteiger partial charge in [-0.15, -0.1) is 0 Å². The molecule has 0 aliphatic rings. The van der Waals surface area contributed by atoms with E-state index in [9.17, 15) is 21.6 Å². The van der Waals surface area contributed by atoms with Crippen LogP contribution in [-0.4, -0.2) is 49.8 Å². The average molecular weight is 458 g/mol. The molecule has 0 aliphatic heterocycles. The van der Waals surface area contributed by atoms with Crippen molar-refractivity contribution in [2.45, 2.75) is 18.0 Å². The Labute approximate surface area is 177 Å². The molecule has 7 nitrogen and oxygen atoms in total. The highest BCUT2D eigenvalue weighted by atomic mass is 32.2. The number of alkyl halides is 3. The van der Waals surface area contributed by atoms with E-state index in [1.54, 1.807) is 49.5 Å². The van der Waals surface area contributed by atoms with Gasteiger partial charge in [0, 0.05) is 18.1 Å². The first-order chi connectivity index (χ1) is 14.5. The van der Waals surface area contributed by atoms with E-state index >= 15 is 0 Å². The Morgan fingerprint density at radius 3 is 2.35 bits per heavy atom. The lowest BCUT2D eigenvalue weighted by atomic mass is 10.2. The molecule has 3 aromatic rings. The first-order valence-corrected chi connectivity index (χ1v) is 10.4. The van der Waals surface area contributed by atoms with Gasteiger partial charge in [0.05, 0.1) is 10.4 Å². The number of halogens is 3. The average Bonchev–Trinajstić information content (AvgIpc) is 3.14. The molecule has 0 radical (unpaired) electrons. The van der Waals surface area contributed by atoms with Crippen molar-refractivity contribution in [1.82, 2.24) is 9.29 Å². The fourth-order valence-electron chi connectivity index (χ4n) is 2.66. The van der Waals surface area contributed by atoms with Crippen LogP contribution in [0, 0.1) is 6.92 Å². The number of carboxylic acids is 1. The van der Waals surface area contributed by atoms with Crippen molar-refractivity contribution in [3.05, 3.63) is 60.3 Å². The number of hydrogen-bond donors (Lipinski definition) is 2. The zero-order chi connectivity index (χ0) is 23.2. The third kappa shape index (κ3) is 5.76. The largest absolute Gasteiger partial charge is 0.492 e. The molecule has 168 valence electrons. The summed E-state index contributed by atoms with van der Waals surface area (Å²) in [5, 5.41) is 10.9. The van der Waals surface area contributed by atoms with Gasteiger partial charge in [-0.25, -0.2) is 17.2 Å². The number of benzene rings is 2. The Bertz CT molecular complexity index is 1160. The van der Waals surface area contributed by atoms with Crippen molar-refractivity contribution in [3.63, 3.8) is 0 Å². The molecule has 2 aromatic carbocycles. The quantitative estimate of drug-likeness (QED) is 0.550. The van der Waals surface area contributed by atoms with Crippen LogP contribution >= 0.6 is 0 Å². The molecule has 31 heavy (non-hydrogen) atoms. The Kier molecular flexibility index (Phi) is 7.69. The fourth-order valence-corrected chi connectivity index (χ4v) is 4.24. The van der Waals surface area contributed by atoms with Gasteiger partial charge in [-0.2, -0.15) is 13.2 Å². The standard InChI is InChI=1S/C18H20N2O3S.C2HF3O2/c1-14-6-3-4-9-18(14)24(21,22)20-12-10-15-16(20)7-5-8-17(15)23-13-11-19-2;3-2(4,5)1(6)7/h3-10,12,19H,11,13H2,1-2H3;(H,6,7). The van der Waals surface area contributed by atoms with Crippen LogP contribution in [0.5, 0.6) is 5.75 Å². The van der Waals surface area contributed by atoms with Gasteiger partial charge in [-0.3, -0.25) is 0 Å². The molecular weight excluding hydrogens is 437 g/mol. The predicted molar refractivity (Wildman–Crippen MR) is 109 cm³/mol. The molecule has 1 aromatic heterocycles. The number of rotatable bonds is 6. The van der Waals surface area contributed by atoms with Crippen LogP contribution in [0.1, 0.15) is 5.56 Å². The summed E-state index contributed by atoms with van der Waals surface area (Å²) in [6.07, 6.45) is -3.50. The Morgan fingerprint density at radius 1 is 1.13 bits per heavy atom. The van der Waals surface area contributed by atoms with Crippen molar-refractivity contribution < 1.29 is 36.2 Å². The number of ether oxygens (including phenoxy) is 1. The minimum Gasteiger partial charge on any atom is -0.492 e. The molecule has 0 atom stereocenters. The Hall–Kier alpha value is -3.05. The summed E-state index contributed by atoms with van der Waals surface area (Å²) in [6, 6.07) is 14.2. The number of aliphatic carboxylic acids is 1. The van der Waals surface area contributed by atoms with E-state index in [1.807, 2.05) is 19.2 Å². The lowest BCUT2D eigenvalue weighted by molar-refractivity contribution is -0.192. The maximum absolute atomic E-state index is 13.0. The molecule has 0 spiro atoms. The first kappa shape index (κ1) is 24.2. The number of likely N-dealkylation sites (N-methyl/N-ethyl adjacent to an activating group) is 1. The van der Waals surface area contributed by atoms with Gasteiger partial charge in [0.15, 0.2) is 0 Å². The SMILES string of the molecule is CNCCOc1cccc2c1ccn2S(=O)(=O)c1ccccc1C.O=C(O)C(F)(F)F. The zero-order valence-electron chi connectivity index (χ0n) is 16.7. The summed E-state index contributed by atoms with van der Waals surface area (Å²) in [7, 11) is -1.79. The highest BCUT2D eigenvalue weighted by molar-refractivity contribution is 7.90. The number of nitrogens with zero attached hydrogens (tertiary/aromatic N) is 1. The van der Waals surface area contributed by atoms with Crippen LogP contribution < -0.4 is 10.1 Å². The van der Waals surface area contributed by atoms with E-state index in [4.69, 9.17) is 14.6 Å². The minimum atomic E-state index is -5.08. The van der Waals surface area contributed by atoms with E-state index in [-0.39, 0.29) is 0 Å². The van der Waals surface area contributed by atoms with Gasteiger partial charge in [0.2, 0.25) is 0 Å². The highest BCUT2D eigenvalue weighted by Crippen LogP contribution is 2.30. The monoisotopic (exact) mass is 458 g/mol. The number of fused-ring (bicyclic) bond motifs is 1. The maximum atomic E-state index is 13.0. The number of hydrogen-bond acceptors (Lipinski definition) is 5. The molecule has 3 rings (SSSR count). The second kappa shape index (κ2) is 9.84. The van der Waals surface area contributed by atoms with E-state index in [2.05, 4.69) is 5.32 Å². The maximum Gasteiger partial charge on any atom is 0.490 e. The van der Waals surface area contributed by atoms with Crippen molar-refractivity contribution in [3.8, 4) is 5.75 Å². The predicted octanol–water partition coefficient (Wildman–Crippen LogP) is 3.42. The molecule has 1 heterocycles. The molecule has 0 aliphatic carbocycles. The normalized spacial score (nSPS) is 11.6. The fraction of sp³-hybridized carbons (Fsp3) is 0.250. The molecule has 0 bridgehead atoms. The lowest BCUT2D eigenvalue weighted by Crippen LogP contribution is -2.21. The molecule has 11 heteroatoms. The molecule has 0 unspecified atom stereocenters. The smallest absolute Gasteiger partial charge is 0.490 e. The third-order valence-corrected chi connectivity index (χ3v) is 5.99. The van der Waals surface area contributed by atoms with Gasteiger partial charge in [-0.1, -0.05) is 24.3 Å². The van der Waals surface area contributed by atoms with Crippen LogP contribution in [0.3, 0.4) is 0 Å². The summed E-state index contributed by atoms with van der Waals surface area (Å²) in [4.78, 5) is 9.21. The van der Waals surface area contributed by atoms with Crippen molar-refractivity contribution >= 4 is 26.9 Å². The molecular formula is C20H21F3N2O5S. The van der Waals surface area contributed by atoms with E-state index in [1.165, 1.54) is 3.97 Å². The van der Waals surface area contributed by atoms with E-state index in [0.29, 0.717) is 22.8 Å². The van der Waals surface area contributed by atoms with Crippen LogP contribution in [0.4, 0.5) is 13.2 Å². The number of aromatic nitrogens is 1. The molecule has 0 amide bonds. The Morgan fingerprint density at radius 2 is 1.77 bits per heavy atom. The number of nitrogens with one attached hydrogen (secondary N) is 1. The van der Waals surface area contributed by atoms with E-state index in [0.717, 1.165) is 17.5 Å². The third-order valence-electron chi connectivity index (χ3n) is 4.14. The van der Waals surface area contributed by atoms with Gasteiger partial charge >= 0.3 is 12.1 Å². The van der Waals surface area contributed by atoms with Gasteiger partial charge in [-0.05, 0) is 43.8 Å². The van der Waals surface area contributed by atoms with E-state index < -0.39 is 22.2 Å². The second-order valence-electron chi connectivity index (χ2n) is 6.33. The van der Waals surface area contributed by atoms with Crippen molar-refractivity contribution in [1.29, 1.82) is 0 Å². The second-order valence-corrected chi connectivity index (χ2v) is 8.11. The summed E-state index contributed by atoms with van der Waals surface area (Å²) in [5.74, 6) is -2.08. The molecule has 2 N–H and O–H groups in total. The molecule has 0 saturated carbocycles. The summed E-state index contributed by atoms with van der Waals surface area (Å²) in [6.45, 7) is 3.04. The lowest BCUT2D eigenvalue weighted by Gasteiger charge is -2.11. The van der Waals surface area contributed by atoms with Crippen molar-refractivity contribution in [2.24, 2.45) is 0 Å². The van der Waals surface area contributed by atoms with Crippen LogP contribution in [-0.2, 0) is 14.8 Å². The van der Waals surface area contributed by atoms with Gasteiger partial charge < -0.3 is 15.2 Å². The van der Waals surface area contributed by atoms with Gasteiger partial charge in [0.25, 0.3) is 10.0 Å². The zero-order valence-corrected chi connectivity index (χ0v) is 17.5. The Balaban J connectivity index is 0.000000423. The molecule has 0 fully saturated rings. The molecule has 0 saturated heterocycles. The minimum absolute atomic E-state index is 0.309. The van der Waals surface area contributed by atoms with Crippen LogP contribution in [0.25, 0.3) is 10.9 Å². The van der Waals surface area contributed by atoms with Crippen molar-refractivity contribution in [2.75, 3.05) is 20.2 Å². The highest BCUT2D eigenvalue weighted by Gasteiger charge is 2.38. The topological polar surface area (TPSA) is 97.6 Å². The first-order valence-electron chi connectivity index (χ1n) is 8.99. The summed E-state index contributed by atoms with van der Waals surface area (Å²) >= 11 is 0. The number of aryl methyl sites for hydroxylation is 1. The summed E-state index contributed by atoms with van der Waals surface area (Å²) < 4.78 is 64.8. The van der Waals surface area contributed by atoms with Gasteiger partial charge in [0.1, 0.15) is 12.4 Å². The van der Waals surface area contributed by atoms with Crippen LogP contribution in [0.15, 0.2) is 59.6 Å². The van der Waals surface area contributed by atoms with Crippen LogP contribution in [0.2, 0.25) is 0 Å². The number of carboxylic acid groups (broad SMARTS) is 1.